The van der Waals surface area contributed by atoms with Crippen LogP contribution in [0.15, 0.2) is 23.2 Å². The second-order valence-corrected chi connectivity index (χ2v) is 7.21. The topological polar surface area (TPSA) is 76.3 Å². The summed E-state index contributed by atoms with van der Waals surface area (Å²) in [6, 6.07) is 3.23. The van der Waals surface area contributed by atoms with Gasteiger partial charge < -0.3 is 5.73 Å². The molecule has 1 aromatic heterocycles. The van der Waals surface area contributed by atoms with E-state index in [1.807, 2.05) is 0 Å². The second-order valence-electron chi connectivity index (χ2n) is 5.31. The molecule has 0 saturated carbocycles. The van der Waals surface area contributed by atoms with Crippen LogP contribution in [0.3, 0.4) is 0 Å². The summed E-state index contributed by atoms with van der Waals surface area (Å²) in [6.45, 7) is 5.59. The van der Waals surface area contributed by atoms with E-state index in [0.717, 1.165) is 6.42 Å². The number of hydrogen-bond acceptors (Lipinski definition) is 4. The van der Waals surface area contributed by atoms with Crippen molar-refractivity contribution in [3.05, 3.63) is 24.0 Å². The molecule has 2 N–H and O–H groups in total. The molecule has 0 bridgehead atoms. The molecular weight excluding hydrogens is 262 g/mol. The highest BCUT2D eigenvalue weighted by Crippen LogP contribution is 2.29. The Labute approximate surface area is 114 Å². The van der Waals surface area contributed by atoms with Gasteiger partial charge in [0.2, 0.25) is 10.0 Å². The summed E-state index contributed by atoms with van der Waals surface area (Å²) in [7, 11) is -3.46. The molecule has 5 nitrogen and oxygen atoms in total. The maximum absolute atomic E-state index is 12.6. The smallest absolute Gasteiger partial charge is 0.244 e. The Morgan fingerprint density at radius 1 is 1.53 bits per heavy atom. The van der Waals surface area contributed by atoms with Gasteiger partial charge in [-0.05, 0) is 30.4 Å². The fraction of sp³-hybridized carbons (Fsp3) is 0.615. The normalized spacial score (nSPS) is 21.2. The lowest BCUT2D eigenvalue weighted by atomic mass is 9.96. The van der Waals surface area contributed by atoms with Crippen LogP contribution < -0.4 is 5.73 Å². The summed E-state index contributed by atoms with van der Waals surface area (Å²) in [6.07, 6.45) is 2.50. The van der Waals surface area contributed by atoms with Gasteiger partial charge in [0.25, 0.3) is 0 Å². The third-order valence-corrected chi connectivity index (χ3v) is 5.73. The number of hydrogen-bond donors (Lipinski definition) is 1. The van der Waals surface area contributed by atoms with Crippen LogP contribution in [0, 0.1) is 11.8 Å². The van der Waals surface area contributed by atoms with Crippen molar-refractivity contribution in [1.82, 2.24) is 9.29 Å². The highest BCUT2D eigenvalue weighted by Gasteiger charge is 2.34. The average Bonchev–Trinajstić information content (AvgIpc) is 2.89. The molecule has 1 aliphatic heterocycles. The van der Waals surface area contributed by atoms with Crippen LogP contribution in [0.4, 0.5) is 0 Å². The van der Waals surface area contributed by atoms with Crippen molar-refractivity contribution in [3.63, 3.8) is 0 Å². The zero-order chi connectivity index (χ0) is 14.0. The van der Waals surface area contributed by atoms with Gasteiger partial charge in [0.15, 0.2) is 0 Å². The van der Waals surface area contributed by atoms with Crippen LogP contribution in [0.5, 0.6) is 0 Å². The van der Waals surface area contributed by atoms with Gasteiger partial charge in [-0.3, -0.25) is 4.98 Å². The molecule has 0 radical (unpaired) electrons. The Bertz CT molecular complexity index is 543. The highest BCUT2D eigenvalue weighted by molar-refractivity contribution is 7.89. The molecule has 2 rings (SSSR count). The van der Waals surface area contributed by atoms with E-state index in [-0.39, 0.29) is 11.4 Å². The Morgan fingerprint density at radius 3 is 2.84 bits per heavy atom. The van der Waals surface area contributed by atoms with Crippen molar-refractivity contribution >= 4 is 10.0 Å². The minimum atomic E-state index is -3.46. The van der Waals surface area contributed by atoms with Crippen LogP contribution in [0.25, 0.3) is 0 Å². The number of nitrogens with zero attached hydrogens (tertiary/aromatic N) is 2. The molecule has 6 heteroatoms. The first kappa shape index (κ1) is 14.4. The molecule has 2 heterocycles. The molecule has 1 saturated heterocycles. The standard InChI is InChI=1S/C13H21N3O2S/c1-10(2)11-5-7-16(9-11)19(17,18)13-4-3-6-15-12(13)8-14/h3-4,6,10-11H,5,7-9,14H2,1-2H3. The van der Waals surface area contributed by atoms with Crippen LogP contribution >= 0.6 is 0 Å². The fourth-order valence-corrected chi connectivity index (χ4v) is 4.16. The molecule has 1 fully saturated rings. The number of pyridine rings is 1. The molecule has 0 aromatic carbocycles. The molecular formula is C13H21N3O2S. The quantitative estimate of drug-likeness (QED) is 0.901. The van der Waals surface area contributed by atoms with Crippen LogP contribution in [0.1, 0.15) is 26.0 Å². The van der Waals surface area contributed by atoms with E-state index >= 15 is 0 Å². The molecule has 0 amide bonds. The van der Waals surface area contributed by atoms with Crippen LogP contribution in [0.2, 0.25) is 0 Å². The lowest BCUT2D eigenvalue weighted by molar-refractivity contribution is 0.388. The first-order chi connectivity index (χ1) is 8.96. The maximum Gasteiger partial charge on any atom is 0.244 e. The number of nitrogens with two attached hydrogens (primary N) is 1. The van der Waals surface area contributed by atoms with Gasteiger partial charge in [-0.1, -0.05) is 13.8 Å². The van der Waals surface area contributed by atoms with Crippen molar-refractivity contribution in [2.75, 3.05) is 13.1 Å². The van der Waals surface area contributed by atoms with Crippen molar-refractivity contribution in [1.29, 1.82) is 0 Å². The minimum absolute atomic E-state index is 0.136. The largest absolute Gasteiger partial charge is 0.325 e. The molecule has 1 aromatic rings. The molecule has 0 aliphatic carbocycles. The first-order valence-electron chi connectivity index (χ1n) is 6.61. The van der Waals surface area contributed by atoms with Gasteiger partial charge in [-0.15, -0.1) is 0 Å². The van der Waals surface area contributed by atoms with Gasteiger partial charge in [0, 0.05) is 25.8 Å². The van der Waals surface area contributed by atoms with E-state index in [0.29, 0.717) is 30.6 Å². The predicted molar refractivity (Wildman–Crippen MR) is 73.8 cm³/mol. The number of aromatic nitrogens is 1. The first-order valence-corrected chi connectivity index (χ1v) is 8.05. The van der Waals surface area contributed by atoms with Gasteiger partial charge in [0.1, 0.15) is 4.90 Å². The Hall–Kier alpha value is -0.980. The third-order valence-electron chi connectivity index (χ3n) is 3.79. The Balaban J connectivity index is 2.29. The SMILES string of the molecule is CC(C)C1CCN(S(=O)(=O)c2cccnc2CN)C1. The molecule has 1 aliphatic rings. The summed E-state index contributed by atoms with van der Waals surface area (Å²) in [5.74, 6) is 0.941. The van der Waals surface area contributed by atoms with E-state index in [2.05, 4.69) is 18.8 Å². The van der Waals surface area contributed by atoms with Crippen molar-refractivity contribution < 1.29 is 8.42 Å². The maximum atomic E-state index is 12.6. The van der Waals surface area contributed by atoms with Crippen molar-refractivity contribution in [2.45, 2.75) is 31.7 Å². The molecule has 0 spiro atoms. The highest BCUT2D eigenvalue weighted by atomic mass is 32.2. The van der Waals surface area contributed by atoms with E-state index in [4.69, 9.17) is 5.73 Å². The van der Waals surface area contributed by atoms with E-state index < -0.39 is 10.0 Å². The zero-order valence-electron chi connectivity index (χ0n) is 11.4. The fourth-order valence-electron chi connectivity index (χ4n) is 2.47. The lowest BCUT2D eigenvalue weighted by Crippen LogP contribution is -2.30. The predicted octanol–water partition coefficient (Wildman–Crippen LogP) is 1.21. The van der Waals surface area contributed by atoms with Gasteiger partial charge in [0.05, 0.1) is 5.69 Å². The Morgan fingerprint density at radius 2 is 2.26 bits per heavy atom. The zero-order valence-corrected chi connectivity index (χ0v) is 12.2. The van der Waals surface area contributed by atoms with E-state index in [1.54, 1.807) is 22.6 Å². The Kier molecular flexibility index (Phi) is 4.23. The van der Waals surface area contributed by atoms with Crippen LogP contribution in [-0.2, 0) is 16.6 Å². The van der Waals surface area contributed by atoms with Gasteiger partial charge in [-0.25, -0.2) is 8.42 Å². The van der Waals surface area contributed by atoms with Gasteiger partial charge >= 0.3 is 0 Å². The average molecular weight is 283 g/mol. The summed E-state index contributed by atoms with van der Waals surface area (Å²) in [4.78, 5) is 4.31. The van der Waals surface area contributed by atoms with E-state index in [9.17, 15) is 8.42 Å². The third kappa shape index (κ3) is 2.80. The number of rotatable bonds is 4. The monoisotopic (exact) mass is 283 g/mol. The minimum Gasteiger partial charge on any atom is -0.325 e. The summed E-state index contributed by atoms with van der Waals surface area (Å²) < 4.78 is 26.8. The van der Waals surface area contributed by atoms with Crippen LogP contribution in [-0.4, -0.2) is 30.8 Å². The molecule has 106 valence electrons. The lowest BCUT2D eigenvalue weighted by Gasteiger charge is -2.19. The summed E-state index contributed by atoms with van der Waals surface area (Å²) in [5.41, 5.74) is 6.02. The van der Waals surface area contributed by atoms with E-state index in [1.165, 1.54) is 0 Å². The van der Waals surface area contributed by atoms with Gasteiger partial charge in [-0.2, -0.15) is 4.31 Å². The molecule has 1 atom stereocenters. The number of sulfonamides is 1. The van der Waals surface area contributed by atoms with Crippen molar-refractivity contribution in [3.8, 4) is 0 Å². The molecule has 19 heavy (non-hydrogen) atoms. The summed E-state index contributed by atoms with van der Waals surface area (Å²) in [5, 5.41) is 0. The molecule has 1 unspecified atom stereocenters. The van der Waals surface area contributed by atoms with Crippen molar-refractivity contribution in [2.24, 2.45) is 17.6 Å². The second kappa shape index (κ2) is 5.56. The summed E-state index contributed by atoms with van der Waals surface area (Å²) >= 11 is 0.